The first-order chi connectivity index (χ1) is 10.5. The van der Waals surface area contributed by atoms with Crippen LogP contribution in [0, 0.1) is 10.1 Å². The van der Waals surface area contributed by atoms with Gasteiger partial charge in [0.05, 0.1) is 4.92 Å². The number of nitro benzene ring substituents is 1. The first-order valence-corrected chi connectivity index (χ1v) is 7.48. The van der Waals surface area contributed by atoms with E-state index in [0.29, 0.717) is 18.5 Å². The summed E-state index contributed by atoms with van der Waals surface area (Å²) in [6.07, 6.45) is 0.786. The number of aliphatic hydroxyl groups excluding tert-OH is 1. The normalized spacial score (nSPS) is 20.9. The highest BCUT2D eigenvalue weighted by molar-refractivity contribution is 7.81. The number of ether oxygens (including phenoxy) is 1. The smallest absolute Gasteiger partial charge is 0.410 e. The van der Waals surface area contributed by atoms with Gasteiger partial charge in [0.25, 0.3) is 5.69 Å². The van der Waals surface area contributed by atoms with E-state index in [2.05, 4.69) is 12.6 Å². The van der Waals surface area contributed by atoms with Gasteiger partial charge in [0.1, 0.15) is 6.61 Å². The van der Waals surface area contributed by atoms with E-state index in [0.717, 1.165) is 6.42 Å². The molecule has 0 radical (unpaired) electrons. The molecule has 0 aliphatic carbocycles. The standard InChI is InChI=1S/C14H18N2O5S/c17-6-5-12-7-13(22)8-15(12)14(18)21-9-10-1-3-11(4-2-10)16(19)20/h1-4,12-13,17,22H,5-9H2/t12-,13+/m1/s1. The molecule has 2 atom stereocenters. The summed E-state index contributed by atoms with van der Waals surface area (Å²) in [6.45, 7) is 0.556. The van der Waals surface area contributed by atoms with Gasteiger partial charge < -0.3 is 14.7 Å². The molecule has 1 aliphatic heterocycles. The molecule has 0 unspecified atom stereocenters. The second-order valence-corrected chi connectivity index (χ2v) is 5.92. The van der Waals surface area contributed by atoms with Gasteiger partial charge in [0.2, 0.25) is 0 Å². The average molecular weight is 326 g/mol. The Labute approximate surface area is 133 Å². The maximum atomic E-state index is 12.1. The highest BCUT2D eigenvalue weighted by Gasteiger charge is 2.34. The van der Waals surface area contributed by atoms with Crippen molar-refractivity contribution in [3.05, 3.63) is 39.9 Å². The Balaban J connectivity index is 1.90. The second kappa shape index (κ2) is 7.46. The van der Waals surface area contributed by atoms with Crippen molar-refractivity contribution >= 4 is 24.4 Å². The van der Waals surface area contributed by atoms with E-state index in [1.54, 1.807) is 17.0 Å². The van der Waals surface area contributed by atoms with Crippen molar-refractivity contribution in [2.45, 2.75) is 30.7 Å². The van der Waals surface area contributed by atoms with E-state index < -0.39 is 11.0 Å². The van der Waals surface area contributed by atoms with Gasteiger partial charge in [-0.3, -0.25) is 10.1 Å². The van der Waals surface area contributed by atoms with E-state index >= 15 is 0 Å². The molecule has 22 heavy (non-hydrogen) atoms. The molecule has 1 N–H and O–H groups in total. The molecule has 1 saturated heterocycles. The van der Waals surface area contributed by atoms with Crippen LogP contribution < -0.4 is 0 Å². The Kier molecular flexibility index (Phi) is 5.62. The third-order valence-electron chi connectivity index (χ3n) is 3.60. The molecule has 1 aliphatic rings. The maximum absolute atomic E-state index is 12.1. The quantitative estimate of drug-likeness (QED) is 0.490. The first kappa shape index (κ1) is 16.6. The van der Waals surface area contributed by atoms with E-state index in [4.69, 9.17) is 9.84 Å². The number of amides is 1. The van der Waals surface area contributed by atoms with E-state index in [-0.39, 0.29) is 30.2 Å². The maximum Gasteiger partial charge on any atom is 0.410 e. The summed E-state index contributed by atoms with van der Waals surface area (Å²) in [5, 5.41) is 19.7. The molecule has 7 nitrogen and oxygen atoms in total. The average Bonchev–Trinajstić information content (AvgIpc) is 2.86. The SMILES string of the molecule is O=C(OCc1ccc([N+](=O)[O-])cc1)N1C[C@@H](S)C[C@H]1CCO. The number of carbonyl (C=O) groups is 1. The van der Waals surface area contributed by atoms with E-state index in [1.165, 1.54) is 12.1 Å². The number of thiol groups is 1. The van der Waals surface area contributed by atoms with Crippen LogP contribution in [0.15, 0.2) is 24.3 Å². The Hall–Kier alpha value is -1.80. The van der Waals surface area contributed by atoms with Crippen LogP contribution in [0.25, 0.3) is 0 Å². The third kappa shape index (κ3) is 4.11. The summed E-state index contributed by atoms with van der Waals surface area (Å²) in [4.78, 5) is 23.8. The highest BCUT2D eigenvalue weighted by atomic mass is 32.1. The van der Waals surface area contributed by atoms with E-state index in [1.807, 2.05) is 0 Å². The van der Waals surface area contributed by atoms with Gasteiger partial charge in [-0.05, 0) is 30.5 Å². The minimum atomic E-state index is -0.480. The van der Waals surface area contributed by atoms with Crippen molar-refractivity contribution in [3.63, 3.8) is 0 Å². The van der Waals surface area contributed by atoms with Crippen molar-refractivity contribution in [2.75, 3.05) is 13.2 Å². The number of aliphatic hydroxyl groups is 1. The second-order valence-electron chi connectivity index (χ2n) is 5.19. The van der Waals surface area contributed by atoms with Crippen LogP contribution in [0.1, 0.15) is 18.4 Å². The summed E-state index contributed by atoms with van der Waals surface area (Å²) in [5.74, 6) is 0. The molecular formula is C14H18N2O5S. The van der Waals surface area contributed by atoms with Crippen molar-refractivity contribution in [3.8, 4) is 0 Å². The van der Waals surface area contributed by atoms with Gasteiger partial charge in [0, 0.05) is 36.6 Å². The number of hydrogen-bond donors (Lipinski definition) is 2. The number of nitrogens with zero attached hydrogens (tertiary/aromatic N) is 2. The molecule has 1 amide bonds. The number of non-ortho nitro benzene ring substituents is 1. The Bertz CT molecular complexity index is 537. The zero-order valence-electron chi connectivity index (χ0n) is 11.9. The van der Waals surface area contributed by atoms with Crippen LogP contribution in [0.2, 0.25) is 0 Å². The summed E-state index contributed by atoms with van der Waals surface area (Å²) < 4.78 is 5.24. The lowest BCUT2D eigenvalue weighted by atomic mass is 10.1. The molecule has 8 heteroatoms. The highest BCUT2D eigenvalue weighted by Crippen LogP contribution is 2.25. The van der Waals surface area contributed by atoms with Crippen LogP contribution in [-0.4, -0.2) is 45.5 Å². The van der Waals surface area contributed by atoms with Gasteiger partial charge in [-0.25, -0.2) is 4.79 Å². The molecule has 120 valence electrons. The van der Waals surface area contributed by atoms with Gasteiger partial charge in [-0.15, -0.1) is 0 Å². The number of likely N-dealkylation sites (tertiary alicyclic amines) is 1. The molecular weight excluding hydrogens is 308 g/mol. The summed E-state index contributed by atoms with van der Waals surface area (Å²) in [7, 11) is 0. The van der Waals surface area contributed by atoms with Crippen molar-refractivity contribution in [1.82, 2.24) is 4.90 Å². The predicted octanol–water partition coefficient (Wildman–Crippen LogP) is 1.99. The molecule has 1 aromatic rings. The van der Waals surface area contributed by atoms with Gasteiger partial charge >= 0.3 is 6.09 Å². The lowest BCUT2D eigenvalue weighted by Gasteiger charge is -2.23. The molecule has 0 bridgehead atoms. The molecule has 1 aromatic carbocycles. The minimum Gasteiger partial charge on any atom is -0.445 e. The monoisotopic (exact) mass is 326 g/mol. The molecule has 0 aromatic heterocycles. The van der Waals surface area contributed by atoms with Crippen molar-refractivity contribution in [1.29, 1.82) is 0 Å². The Morgan fingerprint density at radius 1 is 1.45 bits per heavy atom. The third-order valence-corrected chi connectivity index (χ3v) is 3.97. The fourth-order valence-electron chi connectivity index (χ4n) is 2.48. The summed E-state index contributed by atoms with van der Waals surface area (Å²) in [6, 6.07) is 5.80. The molecule has 2 rings (SSSR count). The van der Waals surface area contributed by atoms with Crippen LogP contribution in [0.4, 0.5) is 10.5 Å². The Morgan fingerprint density at radius 3 is 2.73 bits per heavy atom. The predicted molar refractivity (Wildman–Crippen MR) is 82.9 cm³/mol. The molecule has 1 heterocycles. The van der Waals surface area contributed by atoms with Crippen molar-refractivity contribution < 1.29 is 19.6 Å². The lowest BCUT2D eigenvalue weighted by Crippen LogP contribution is -2.36. The van der Waals surface area contributed by atoms with Gasteiger partial charge in [-0.1, -0.05) is 0 Å². The largest absolute Gasteiger partial charge is 0.445 e. The molecule has 0 saturated carbocycles. The van der Waals surface area contributed by atoms with Gasteiger partial charge in [0.15, 0.2) is 0 Å². The lowest BCUT2D eigenvalue weighted by molar-refractivity contribution is -0.384. The Morgan fingerprint density at radius 2 is 2.14 bits per heavy atom. The minimum absolute atomic E-state index is 0.00413. The molecule has 0 spiro atoms. The van der Waals surface area contributed by atoms with Crippen LogP contribution in [0.3, 0.4) is 0 Å². The zero-order valence-corrected chi connectivity index (χ0v) is 12.8. The number of nitro groups is 1. The van der Waals surface area contributed by atoms with Crippen LogP contribution >= 0.6 is 12.6 Å². The van der Waals surface area contributed by atoms with Crippen LogP contribution in [-0.2, 0) is 11.3 Å². The number of benzene rings is 1. The number of carbonyl (C=O) groups excluding carboxylic acids is 1. The fraction of sp³-hybridized carbons (Fsp3) is 0.500. The summed E-state index contributed by atoms with van der Waals surface area (Å²) in [5.41, 5.74) is 0.676. The summed E-state index contributed by atoms with van der Waals surface area (Å²) >= 11 is 4.37. The van der Waals surface area contributed by atoms with Crippen molar-refractivity contribution in [2.24, 2.45) is 0 Å². The first-order valence-electron chi connectivity index (χ1n) is 6.97. The number of hydrogen-bond acceptors (Lipinski definition) is 6. The van der Waals surface area contributed by atoms with Gasteiger partial charge in [-0.2, -0.15) is 12.6 Å². The number of rotatable bonds is 5. The van der Waals surface area contributed by atoms with E-state index in [9.17, 15) is 14.9 Å². The molecule has 1 fully saturated rings. The zero-order chi connectivity index (χ0) is 16.1. The van der Waals surface area contributed by atoms with Crippen LogP contribution in [0.5, 0.6) is 0 Å². The topological polar surface area (TPSA) is 92.9 Å². The fourth-order valence-corrected chi connectivity index (χ4v) is 2.90.